The summed E-state index contributed by atoms with van der Waals surface area (Å²) in [6, 6.07) is 0. The zero-order valence-corrected chi connectivity index (χ0v) is 16.6. The van der Waals surface area contributed by atoms with Gasteiger partial charge in [0.15, 0.2) is 0 Å². The van der Waals surface area contributed by atoms with Gasteiger partial charge in [0, 0.05) is 15.9 Å². The number of carboxylic acids is 4. The Morgan fingerprint density at radius 3 is 0.955 bits per heavy atom. The van der Waals surface area contributed by atoms with Gasteiger partial charge in [0.1, 0.15) is 0 Å². The second-order valence-corrected chi connectivity index (χ2v) is 4.00. The molecule has 0 radical (unpaired) electrons. The minimum absolute atomic E-state index is 0. The summed E-state index contributed by atoms with van der Waals surface area (Å²) < 4.78 is 0. The molecule has 0 atom stereocenters. The Labute approximate surface area is 176 Å². The van der Waals surface area contributed by atoms with Gasteiger partial charge in [0.2, 0.25) is 0 Å². The molecule has 0 heterocycles. The van der Waals surface area contributed by atoms with Gasteiger partial charge < -0.3 is 23.3 Å². The monoisotopic (exact) mass is 344 g/mol. The minimum Gasteiger partial charge on any atom is -1.00 e. The summed E-state index contributed by atoms with van der Waals surface area (Å²) in [6.07, 6.45) is 0. The first-order chi connectivity index (χ1) is 9.20. The average molecular weight is 344 g/mol. The third-order valence-corrected chi connectivity index (χ3v) is 2.17. The van der Waals surface area contributed by atoms with Crippen molar-refractivity contribution in [1.29, 1.82) is 0 Å². The summed E-state index contributed by atoms with van der Waals surface area (Å²) in [5, 5.41) is 34.5. The Hall–Kier alpha value is -0.200. The van der Waals surface area contributed by atoms with Crippen LogP contribution in [0.25, 0.3) is 0 Å². The first-order valence-corrected chi connectivity index (χ1v) is 5.52. The van der Waals surface area contributed by atoms with E-state index >= 15 is 0 Å². The summed E-state index contributed by atoms with van der Waals surface area (Å²) in [5.74, 6) is -4.91. The summed E-state index contributed by atoms with van der Waals surface area (Å²) >= 11 is 0. The van der Waals surface area contributed by atoms with Gasteiger partial charge in [-0.1, -0.05) is 0 Å². The van der Waals surface area contributed by atoms with Gasteiger partial charge >= 0.3 is 83.0 Å². The smallest absolute Gasteiger partial charge is 1.00 e. The van der Waals surface area contributed by atoms with Crippen molar-refractivity contribution in [3.8, 4) is 0 Å². The van der Waals surface area contributed by atoms with Crippen LogP contribution in [0.15, 0.2) is 0 Å². The van der Waals surface area contributed by atoms with Crippen LogP contribution >= 0.6 is 0 Å². The van der Waals surface area contributed by atoms with Crippen LogP contribution in [0.4, 0.5) is 0 Å². The summed E-state index contributed by atoms with van der Waals surface area (Å²) in [6.45, 7) is -2.25. The zero-order chi connectivity index (χ0) is 15.7. The normalized spacial score (nSPS) is 9.73. The number of hydrogen-bond donors (Lipinski definition) is 4. The quantitative estimate of drug-likeness (QED) is 0.266. The summed E-state index contributed by atoms with van der Waals surface area (Å²) in [4.78, 5) is 44.4. The zero-order valence-electron chi connectivity index (χ0n) is 14.6. The molecule has 122 valence electrons. The van der Waals surface area contributed by atoms with Crippen LogP contribution in [-0.2, 0) is 19.2 Å². The van der Waals surface area contributed by atoms with Crippen molar-refractivity contribution < 1.29 is 104 Å². The maximum absolute atomic E-state index is 10.6. The average Bonchev–Trinajstić information content (AvgIpc) is 2.22. The van der Waals surface area contributed by atoms with Crippen LogP contribution < -0.4 is 59.1 Å². The van der Waals surface area contributed by atoms with Crippen molar-refractivity contribution in [2.45, 2.75) is 0 Å². The van der Waals surface area contributed by atoms with Gasteiger partial charge in [-0.2, -0.15) is 0 Å². The molecule has 0 saturated heterocycles. The van der Waals surface area contributed by atoms with E-state index in [1.54, 1.807) is 0 Å². The second-order valence-electron chi connectivity index (χ2n) is 4.00. The molecule has 22 heavy (non-hydrogen) atoms. The Kier molecular flexibility index (Phi) is 17.5. The molecule has 0 rings (SSSR count). The fourth-order valence-electron chi connectivity index (χ4n) is 1.48. The standard InChI is InChI=1S/C10H16N2O8.2Na.2H2.2H/c13-7(14)3-11(4-8(15)16)1-2-12(5-9(17)18)6-10(19)20;;;;;;/h1-6H2,(H,13,14)(H,15,16)(H,17,18)(H,19,20);;;2*1H;;/q;2*+1;;;2*-1. The molecule has 0 fully saturated rings. The van der Waals surface area contributed by atoms with Crippen LogP contribution in [0.2, 0.25) is 0 Å². The first kappa shape index (κ1) is 26.7. The molecule has 0 unspecified atom stereocenters. The predicted octanol–water partition coefficient (Wildman–Crippen LogP) is -7.35. The van der Waals surface area contributed by atoms with Gasteiger partial charge in [-0.15, -0.1) is 0 Å². The second kappa shape index (κ2) is 14.4. The molecule has 0 aromatic carbocycles. The maximum atomic E-state index is 10.6. The number of hydrogen-bond acceptors (Lipinski definition) is 6. The third-order valence-electron chi connectivity index (χ3n) is 2.17. The van der Waals surface area contributed by atoms with Crippen LogP contribution in [-0.4, -0.2) is 93.4 Å². The molecule has 12 heteroatoms. The number of carbonyl (C=O) groups is 4. The van der Waals surface area contributed by atoms with Crippen LogP contribution in [0.5, 0.6) is 0 Å². The largest absolute Gasteiger partial charge is 1.00 e. The van der Waals surface area contributed by atoms with E-state index in [0.717, 1.165) is 9.80 Å². The fraction of sp³-hybridized carbons (Fsp3) is 0.600. The van der Waals surface area contributed by atoms with Gasteiger partial charge in [0.25, 0.3) is 0 Å². The van der Waals surface area contributed by atoms with Gasteiger partial charge in [-0.25, -0.2) is 0 Å². The molecule has 0 aromatic rings. The Morgan fingerprint density at radius 1 is 0.636 bits per heavy atom. The molecule has 0 bridgehead atoms. The van der Waals surface area contributed by atoms with Gasteiger partial charge in [-0.3, -0.25) is 29.0 Å². The SMILES string of the molecule is O=C(O)CN(CCN(CC(=O)O)CC(=O)O)CC(=O)O.[H-].[H-].[HH].[HH].[Na+].[Na+]. The molecule has 0 spiro atoms. The first-order valence-electron chi connectivity index (χ1n) is 5.52. The van der Waals surface area contributed by atoms with E-state index in [1.165, 1.54) is 0 Å². The summed E-state index contributed by atoms with van der Waals surface area (Å²) in [7, 11) is 0. The predicted molar refractivity (Wildman–Crippen MR) is 69.9 cm³/mol. The molecule has 0 amide bonds. The van der Waals surface area contributed by atoms with E-state index in [-0.39, 0.29) is 77.9 Å². The molecular weight excluding hydrogens is 322 g/mol. The van der Waals surface area contributed by atoms with Crippen molar-refractivity contribution in [3.63, 3.8) is 0 Å². The number of nitrogens with zero attached hydrogens (tertiary/aromatic N) is 2. The maximum Gasteiger partial charge on any atom is 1.00 e. The van der Waals surface area contributed by atoms with Gasteiger partial charge in [0.05, 0.1) is 26.2 Å². The van der Waals surface area contributed by atoms with E-state index in [4.69, 9.17) is 20.4 Å². The third kappa shape index (κ3) is 16.2. The van der Waals surface area contributed by atoms with Crippen molar-refractivity contribution in [2.24, 2.45) is 0 Å². The molecule has 0 aliphatic rings. The Morgan fingerprint density at radius 2 is 0.818 bits per heavy atom. The van der Waals surface area contributed by atoms with Gasteiger partial charge in [-0.05, 0) is 0 Å². The number of carboxylic acid groups (broad SMARTS) is 4. The molecule has 0 aromatic heterocycles. The number of rotatable bonds is 11. The van der Waals surface area contributed by atoms with Crippen molar-refractivity contribution in [1.82, 2.24) is 9.80 Å². The molecule has 0 saturated carbocycles. The van der Waals surface area contributed by atoms with E-state index in [9.17, 15) is 19.2 Å². The molecule has 10 nitrogen and oxygen atoms in total. The number of aliphatic carboxylic acids is 4. The Balaban J connectivity index is -0.000000120. The van der Waals surface area contributed by atoms with Crippen molar-refractivity contribution in [2.75, 3.05) is 39.3 Å². The van der Waals surface area contributed by atoms with E-state index in [2.05, 4.69) is 0 Å². The van der Waals surface area contributed by atoms with E-state index in [1.807, 2.05) is 0 Å². The fourth-order valence-corrected chi connectivity index (χ4v) is 1.48. The van der Waals surface area contributed by atoms with Crippen molar-refractivity contribution in [3.05, 3.63) is 0 Å². The molecule has 4 N–H and O–H groups in total. The molecule has 0 aliphatic carbocycles. The molecule has 0 aliphatic heterocycles. The topological polar surface area (TPSA) is 156 Å². The van der Waals surface area contributed by atoms with E-state index < -0.39 is 50.1 Å². The van der Waals surface area contributed by atoms with Crippen LogP contribution in [0, 0.1) is 0 Å². The van der Waals surface area contributed by atoms with Crippen molar-refractivity contribution >= 4 is 23.9 Å². The van der Waals surface area contributed by atoms with Crippen LogP contribution in [0.3, 0.4) is 0 Å². The van der Waals surface area contributed by atoms with Crippen LogP contribution in [0.1, 0.15) is 5.71 Å². The summed E-state index contributed by atoms with van der Waals surface area (Å²) in [5.41, 5.74) is 0. The minimum atomic E-state index is -1.23. The van der Waals surface area contributed by atoms with E-state index in [0.29, 0.717) is 0 Å². The Bertz CT molecular complexity index is 341. The molecular formula is C10H22N2Na2O8.